The number of rotatable bonds is 3. The van der Waals surface area contributed by atoms with Crippen molar-refractivity contribution in [3.8, 4) is 11.1 Å². The first kappa shape index (κ1) is 12.1. The topological polar surface area (TPSA) is 55.1 Å². The highest BCUT2D eigenvalue weighted by atomic mass is 19.1. The van der Waals surface area contributed by atoms with Gasteiger partial charge in [0.05, 0.1) is 0 Å². The average Bonchev–Trinajstić information content (AvgIpc) is 2.38. The van der Waals surface area contributed by atoms with E-state index in [0.29, 0.717) is 22.4 Å². The van der Waals surface area contributed by atoms with E-state index in [1.54, 1.807) is 43.4 Å². The molecule has 0 aliphatic heterocycles. The molecule has 1 amide bonds. The molecule has 2 aromatic carbocycles. The number of nitrogens with two attached hydrogens (primary N) is 1. The minimum Gasteiger partial charge on any atom is -0.388 e. The fraction of sp³-hybridized carbons (Fsp3) is 0.0714. The second-order valence-corrected chi connectivity index (χ2v) is 3.82. The Morgan fingerprint density at radius 1 is 1.17 bits per heavy atom. The van der Waals surface area contributed by atoms with Gasteiger partial charge in [-0.15, -0.1) is 0 Å². The number of carbonyl (C=O) groups is 1. The lowest BCUT2D eigenvalue weighted by atomic mass is 9.96. The Hall–Kier alpha value is -2.36. The van der Waals surface area contributed by atoms with Gasteiger partial charge in [-0.25, -0.2) is 4.39 Å². The molecule has 18 heavy (non-hydrogen) atoms. The van der Waals surface area contributed by atoms with Gasteiger partial charge in [0.25, 0.3) is 0 Å². The van der Waals surface area contributed by atoms with Crippen molar-refractivity contribution in [2.45, 2.75) is 0 Å². The Morgan fingerprint density at radius 2 is 1.89 bits per heavy atom. The van der Waals surface area contributed by atoms with Gasteiger partial charge >= 0.3 is 0 Å². The maximum atomic E-state index is 13.9. The molecule has 0 bridgehead atoms. The number of halogens is 1. The summed E-state index contributed by atoms with van der Waals surface area (Å²) in [5.74, 6) is -0.965. The molecule has 0 aliphatic carbocycles. The lowest BCUT2D eigenvalue weighted by Gasteiger charge is -2.13. The number of anilines is 1. The minimum absolute atomic E-state index is 0.298. The van der Waals surface area contributed by atoms with Gasteiger partial charge in [-0.2, -0.15) is 0 Å². The zero-order chi connectivity index (χ0) is 13.1. The molecule has 0 unspecified atom stereocenters. The maximum Gasteiger partial charge on any atom is 0.249 e. The van der Waals surface area contributed by atoms with E-state index < -0.39 is 5.91 Å². The van der Waals surface area contributed by atoms with E-state index in [0.717, 1.165) is 0 Å². The summed E-state index contributed by atoms with van der Waals surface area (Å²) < 4.78 is 13.9. The van der Waals surface area contributed by atoms with Crippen LogP contribution in [0.2, 0.25) is 0 Å². The van der Waals surface area contributed by atoms with E-state index in [4.69, 9.17) is 5.73 Å². The van der Waals surface area contributed by atoms with E-state index in [1.165, 1.54) is 6.07 Å². The van der Waals surface area contributed by atoms with Crippen LogP contribution >= 0.6 is 0 Å². The monoisotopic (exact) mass is 244 g/mol. The van der Waals surface area contributed by atoms with E-state index in [9.17, 15) is 9.18 Å². The maximum absolute atomic E-state index is 13.9. The minimum atomic E-state index is -0.578. The van der Waals surface area contributed by atoms with Crippen LogP contribution in [0.5, 0.6) is 0 Å². The number of amides is 1. The second-order valence-electron chi connectivity index (χ2n) is 3.82. The van der Waals surface area contributed by atoms with Crippen LogP contribution < -0.4 is 11.1 Å². The van der Waals surface area contributed by atoms with Gasteiger partial charge in [0.2, 0.25) is 5.91 Å². The first-order chi connectivity index (χ1) is 8.65. The number of hydrogen-bond acceptors (Lipinski definition) is 2. The molecule has 0 saturated heterocycles. The Labute approximate surface area is 104 Å². The van der Waals surface area contributed by atoms with Gasteiger partial charge in [0, 0.05) is 29.4 Å². The van der Waals surface area contributed by atoms with Gasteiger partial charge in [0.15, 0.2) is 0 Å². The lowest BCUT2D eigenvalue weighted by Crippen LogP contribution is -2.13. The molecule has 4 heteroatoms. The highest BCUT2D eigenvalue weighted by molar-refractivity contribution is 6.03. The summed E-state index contributed by atoms with van der Waals surface area (Å²) in [5, 5.41) is 2.94. The SMILES string of the molecule is CNc1cccc(C(N)=O)c1-c1ccccc1F. The predicted molar refractivity (Wildman–Crippen MR) is 69.9 cm³/mol. The molecule has 2 rings (SSSR count). The fourth-order valence-electron chi connectivity index (χ4n) is 1.92. The third kappa shape index (κ3) is 2.05. The summed E-state index contributed by atoms with van der Waals surface area (Å²) >= 11 is 0. The molecule has 0 saturated carbocycles. The van der Waals surface area contributed by atoms with Crippen molar-refractivity contribution in [3.05, 3.63) is 53.8 Å². The first-order valence-corrected chi connectivity index (χ1v) is 5.50. The van der Waals surface area contributed by atoms with Crippen molar-refractivity contribution in [3.63, 3.8) is 0 Å². The number of hydrogen-bond donors (Lipinski definition) is 2. The molecule has 0 aromatic heterocycles. The van der Waals surface area contributed by atoms with Crippen molar-refractivity contribution in [2.24, 2.45) is 5.73 Å². The molecule has 0 spiro atoms. The summed E-state index contributed by atoms with van der Waals surface area (Å²) in [5.41, 5.74) is 7.15. The Morgan fingerprint density at radius 3 is 2.50 bits per heavy atom. The zero-order valence-electron chi connectivity index (χ0n) is 9.91. The fourth-order valence-corrected chi connectivity index (χ4v) is 1.92. The van der Waals surface area contributed by atoms with Crippen LogP contribution in [-0.2, 0) is 0 Å². The normalized spacial score (nSPS) is 10.1. The molecular formula is C14H13FN2O. The van der Waals surface area contributed by atoms with E-state index in [1.807, 2.05) is 0 Å². The smallest absolute Gasteiger partial charge is 0.249 e. The van der Waals surface area contributed by atoms with E-state index >= 15 is 0 Å². The van der Waals surface area contributed by atoms with Crippen LogP contribution in [0.4, 0.5) is 10.1 Å². The summed E-state index contributed by atoms with van der Waals surface area (Å²) in [7, 11) is 1.71. The van der Waals surface area contributed by atoms with Crippen LogP contribution in [0.3, 0.4) is 0 Å². The van der Waals surface area contributed by atoms with Crippen LogP contribution in [-0.4, -0.2) is 13.0 Å². The van der Waals surface area contributed by atoms with Crippen molar-refractivity contribution in [2.75, 3.05) is 12.4 Å². The second kappa shape index (κ2) is 4.87. The highest BCUT2D eigenvalue weighted by Gasteiger charge is 2.16. The van der Waals surface area contributed by atoms with Crippen LogP contribution in [0.15, 0.2) is 42.5 Å². The van der Waals surface area contributed by atoms with Gasteiger partial charge in [-0.3, -0.25) is 4.79 Å². The van der Waals surface area contributed by atoms with Gasteiger partial charge in [0.1, 0.15) is 5.82 Å². The van der Waals surface area contributed by atoms with Crippen LogP contribution in [0.1, 0.15) is 10.4 Å². The Kier molecular flexibility index (Phi) is 3.28. The molecule has 2 aromatic rings. The molecule has 0 fully saturated rings. The van der Waals surface area contributed by atoms with Crippen molar-refractivity contribution < 1.29 is 9.18 Å². The molecule has 0 atom stereocenters. The molecule has 0 radical (unpaired) electrons. The molecule has 3 N–H and O–H groups in total. The average molecular weight is 244 g/mol. The molecule has 92 valence electrons. The standard InChI is InChI=1S/C14H13FN2O/c1-17-12-8-4-6-10(14(16)18)13(12)9-5-2-3-7-11(9)15/h2-8,17H,1H3,(H2,16,18). The summed E-state index contributed by atoms with van der Waals surface area (Å²) in [6.07, 6.45) is 0. The van der Waals surface area contributed by atoms with E-state index in [-0.39, 0.29) is 5.82 Å². The van der Waals surface area contributed by atoms with Crippen molar-refractivity contribution >= 4 is 11.6 Å². The molecule has 0 heterocycles. The van der Waals surface area contributed by atoms with Crippen LogP contribution in [0, 0.1) is 5.82 Å². The third-order valence-corrected chi connectivity index (χ3v) is 2.74. The highest BCUT2D eigenvalue weighted by Crippen LogP contribution is 2.32. The zero-order valence-corrected chi connectivity index (χ0v) is 9.91. The first-order valence-electron chi connectivity index (χ1n) is 5.50. The van der Waals surface area contributed by atoms with Gasteiger partial charge in [-0.05, 0) is 18.2 Å². The predicted octanol–water partition coefficient (Wildman–Crippen LogP) is 2.63. The Balaban J connectivity index is 2.76. The van der Waals surface area contributed by atoms with Crippen molar-refractivity contribution in [1.29, 1.82) is 0 Å². The quantitative estimate of drug-likeness (QED) is 0.872. The molecule has 3 nitrogen and oxygen atoms in total. The van der Waals surface area contributed by atoms with Gasteiger partial charge in [-0.1, -0.05) is 24.3 Å². The number of primary amides is 1. The third-order valence-electron chi connectivity index (χ3n) is 2.74. The van der Waals surface area contributed by atoms with Crippen LogP contribution in [0.25, 0.3) is 11.1 Å². The summed E-state index contributed by atoms with van der Waals surface area (Å²) in [6.45, 7) is 0. The van der Waals surface area contributed by atoms with Gasteiger partial charge < -0.3 is 11.1 Å². The number of nitrogens with one attached hydrogen (secondary N) is 1. The van der Waals surface area contributed by atoms with Crippen molar-refractivity contribution in [1.82, 2.24) is 0 Å². The largest absolute Gasteiger partial charge is 0.388 e. The van der Waals surface area contributed by atoms with E-state index in [2.05, 4.69) is 5.32 Å². The number of benzene rings is 2. The lowest BCUT2D eigenvalue weighted by molar-refractivity contribution is 0.100. The number of carbonyl (C=O) groups excluding carboxylic acids is 1. The molecule has 0 aliphatic rings. The summed E-state index contributed by atoms with van der Waals surface area (Å²) in [4.78, 5) is 11.4. The summed E-state index contributed by atoms with van der Waals surface area (Å²) in [6, 6.07) is 11.4. The molecular weight excluding hydrogens is 231 g/mol. The Bertz CT molecular complexity index is 596.